The lowest BCUT2D eigenvalue weighted by molar-refractivity contribution is -0.0495. The molecule has 94 valence electrons. The van der Waals surface area contributed by atoms with Gasteiger partial charge < -0.3 is 10.6 Å². The van der Waals surface area contributed by atoms with E-state index in [4.69, 9.17) is 5.73 Å². The number of rotatable bonds is 1. The van der Waals surface area contributed by atoms with Crippen molar-refractivity contribution in [1.82, 2.24) is 14.7 Å². The molecule has 0 aliphatic carbocycles. The van der Waals surface area contributed by atoms with Crippen LogP contribution in [-0.4, -0.2) is 39.6 Å². The molecule has 0 atom stereocenters. The van der Waals surface area contributed by atoms with Gasteiger partial charge in [-0.1, -0.05) is 0 Å². The first-order valence-electron chi connectivity index (χ1n) is 5.36. The average Bonchev–Trinajstić information content (AvgIpc) is 2.58. The van der Waals surface area contributed by atoms with E-state index in [0.717, 1.165) is 0 Å². The lowest BCUT2D eigenvalue weighted by Gasteiger charge is -2.31. The maximum Gasteiger partial charge on any atom is 0.274 e. The number of carbonyl (C=O) groups is 1. The number of carbonyl (C=O) groups excluding carboxylic acids is 1. The van der Waals surface area contributed by atoms with Gasteiger partial charge in [0.15, 0.2) is 5.69 Å². The molecule has 0 saturated carbocycles. The largest absolute Gasteiger partial charge is 0.384 e. The number of nitrogen functional groups attached to an aromatic ring is 1. The van der Waals surface area contributed by atoms with Gasteiger partial charge in [-0.25, -0.2) is 8.78 Å². The zero-order chi connectivity index (χ0) is 12.6. The smallest absolute Gasteiger partial charge is 0.274 e. The number of hydrogen-bond donors (Lipinski definition) is 1. The van der Waals surface area contributed by atoms with E-state index in [2.05, 4.69) is 5.10 Å². The number of piperidine rings is 1. The highest BCUT2D eigenvalue weighted by Crippen LogP contribution is 2.28. The molecular formula is C10H14F2N4O. The molecule has 1 saturated heterocycles. The fourth-order valence-corrected chi connectivity index (χ4v) is 1.79. The van der Waals surface area contributed by atoms with Crippen LogP contribution in [0.25, 0.3) is 0 Å². The van der Waals surface area contributed by atoms with Crippen LogP contribution in [0.5, 0.6) is 0 Å². The summed E-state index contributed by atoms with van der Waals surface area (Å²) in [5.41, 5.74) is 5.76. The zero-order valence-corrected chi connectivity index (χ0v) is 9.49. The predicted octanol–water partition coefficient (Wildman–Crippen LogP) is 0.874. The molecule has 17 heavy (non-hydrogen) atoms. The molecule has 0 spiro atoms. The molecule has 2 N–H and O–H groups in total. The first kappa shape index (κ1) is 11.8. The minimum Gasteiger partial charge on any atom is -0.384 e. The monoisotopic (exact) mass is 244 g/mol. The highest BCUT2D eigenvalue weighted by Gasteiger charge is 2.36. The Hall–Kier alpha value is -1.66. The van der Waals surface area contributed by atoms with Gasteiger partial charge in [0.2, 0.25) is 0 Å². The van der Waals surface area contributed by atoms with Gasteiger partial charge in [-0.05, 0) is 0 Å². The van der Waals surface area contributed by atoms with Crippen molar-refractivity contribution >= 4 is 11.7 Å². The second-order valence-electron chi connectivity index (χ2n) is 4.23. The highest BCUT2D eigenvalue weighted by atomic mass is 19.3. The van der Waals surface area contributed by atoms with E-state index in [1.165, 1.54) is 15.6 Å². The third kappa shape index (κ3) is 2.37. The Bertz CT molecular complexity index is 414. The number of aromatic nitrogens is 2. The maximum atomic E-state index is 12.9. The summed E-state index contributed by atoms with van der Waals surface area (Å²) in [4.78, 5) is 13.3. The summed E-state index contributed by atoms with van der Waals surface area (Å²) in [7, 11) is 1.62. The first-order chi connectivity index (χ1) is 7.89. The van der Waals surface area contributed by atoms with Crippen molar-refractivity contribution < 1.29 is 13.6 Å². The third-order valence-corrected chi connectivity index (χ3v) is 2.92. The SMILES string of the molecule is Cn1nc(C(=O)N2CCC(F)(F)CC2)cc1N. The summed E-state index contributed by atoms with van der Waals surface area (Å²) >= 11 is 0. The number of nitrogens with zero attached hydrogens (tertiary/aromatic N) is 3. The molecule has 0 radical (unpaired) electrons. The molecule has 1 aliphatic heterocycles. The molecule has 0 unspecified atom stereocenters. The second kappa shape index (κ2) is 3.97. The second-order valence-corrected chi connectivity index (χ2v) is 4.23. The van der Waals surface area contributed by atoms with Crippen molar-refractivity contribution in [3.8, 4) is 0 Å². The molecule has 0 aromatic carbocycles. The van der Waals surface area contributed by atoms with E-state index < -0.39 is 5.92 Å². The van der Waals surface area contributed by atoms with Crippen LogP contribution in [0.2, 0.25) is 0 Å². The Morgan fingerprint density at radius 2 is 2.06 bits per heavy atom. The van der Waals surface area contributed by atoms with Gasteiger partial charge in [-0.2, -0.15) is 5.10 Å². The zero-order valence-electron chi connectivity index (χ0n) is 9.49. The van der Waals surface area contributed by atoms with Crippen molar-refractivity contribution in [3.05, 3.63) is 11.8 Å². The third-order valence-electron chi connectivity index (χ3n) is 2.92. The number of alkyl halides is 2. The lowest BCUT2D eigenvalue weighted by Crippen LogP contribution is -2.42. The normalized spacial score (nSPS) is 19.4. The maximum absolute atomic E-state index is 12.9. The molecular weight excluding hydrogens is 230 g/mol. The summed E-state index contributed by atoms with van der Waals surface area (Å²) in [6.45, 7) is 0.116. The summed E-state index contributed by atoms with van der Waals surface area (Å²) in [6.07, 6.45) is -0.581. The van der Waals surface area contributed by atoms with Gasteiger partial charge in [0, 0.05) is 39.0 Å². The summed E-state index contributed by atoms with van der Waals surface area (Å²) in [6, 6.07) is 1.45. The molecule has 1 aliphatic rings. The van der Waals surface area contributed by atoms with Gasteiger partial charge in [0.25, 0.3) is 11.8 Å². The van der Waals surface area contributed by atoms with Crippen LogP contribution in [0.4, 0.5) is 14.6 Å². The minimum atomic E-state index is -2.65. The summed E-state index contributed by atoms with van der Waals surface area (Å²) in [5.74, 6) is -2.62. The molecule has 2 heterocycles. The highest BCUT2D eigenvalue weighted by molar-refractivity contribution is 5.93. The van der Waals surface area contributed by atoms with Crippen molar-refractivity contribution in [3.63, 3.8) is 0 Å². The lowest BCUT2D eigenvalue weighted by atomic mass is 10.1. The van der Waals surface area contributed by atoms with E-state index in [0.29, 0.717) is 5.82 Å². The van der Waals surface area contributed by atoms with E-state index in [9.17, 15) is 13.6 Å². The van der Waals surface area contributed by atoms with E-state index in [1.54, 1.807) is 7.05 Å². The number of anilines is 1. The van der Waals surface area contributed by atoms with Crippen LogP contribution in [0.1, 0.15) is 23.3 Å². The van der Waals surface area contributed by atoms with Crippen molar-refractivity contribution in [2.24, 2.45) is 7.05 Å². The Balaban J connectivity index is 2.07. The molecule has 1 aromatic heterocycles. The Kier molecular flexibility index (Phi) is 2.76. The van der Waals surface area contributed by atoms with Crippen LogP contribution in [0.15, 0.2) is 6.07 Å². The Labute approximate surface area is 97.2 Å². The van der Waals surface area contributed by atoms with Crippen LogP contribution in [0, 0.1) is 0 Å². The topological polar surface area (TPSA) is 64.2 Å². The van der Waals surface area contributed by atoms with Gasteiger partial charge in [0.1, 0.15) is 5.82 Å². The minimum absolute atomic E-state index is 0.0578. The molecule has 7 heteroatoms. The van der Waals surface area contributed by atoms with E-state index >= 15 is 0 Å². The molecule has 2 rings (SSSR count). The van der Waals surface area contributed by atoms with Crippen molar-refractivity contribution in [1.29, 1.82) is 0 Å². The quantitative estimate of drug-likeness (QED) is 0.797. The van der Waals surface area contributed by atoms with Crippen LogP contribution >= 0.6 is 0 Å². The van der Waals surface area contributed by atoms with Crippen LogP contribution < -0.4 is 5.73 Å². The number of amides is 1. The standard InChI is InChI=1S/C10H14F2N4O/c1-15-8(13)6-7(14-15)9(17)16-4-2-10(11,12)3-5-16/h6H,2-5,13H2,1H3. The van der Waals surface area contributed by atoms with Gasteiger partial charge in [-0.15, -0.1) is 0 Å². The number of nitrogens with two attached hydrogens (primary N) is 1. The molecule has 5 nitrogen and oxygen atoms in total. The Morgan fingerprint density at radius 1 is 1.47 bits per heavy atom. The molecule has 1 aromatic rings. The van der Waals surface area contributed by atoms with E-state index in [-0.39, 0.29) is 37.5 Å². The van der Waals surface area contributed by atoms with Gasteiger partial charge >= 0.3 is 0 Å². The first-order valence-corrected chi connectivity index (χ1v) is 5.36. The number of aryl methyl sites for hydroxylation is 1. The Morgan fingerprint density at radius 3 is 2.53 bits per heavy atom. The molecule has 1 amide bonds. The average molecular weight is 244 g/mol. The number of likely N-dealkylation sites (tertiary alicyclic amines) is 1. The predicted molar refractivity (Wildman–Crippen MR) is 57.7 cm³/mol. The van der Waals surface area contributed by atoms with Gasteiger partial charge in [-0.3, -0.25) is 9.48 Å². The number of hydrogen-bond acceptors (Lipinski definition) is 3. The molecule has 1 fully saturated rings. The fraction of sp³-hybridized carbons (Fsp3) is 0.600. The molecule has 0 bridgehead atoms. The van der Waals surface area contributed by atoms with Gasteiger partial charge in [0.05, 0.1) is 0 Å². The van der Waals surface area contributed by atoms with Crippen LogP contribution in [-0.2, 0) is 7.05 Å². The van der Waals surface area contributed by atoms with E-state index in [1.807, 2.05) is 0 Å². The fourth-order valence-electron chi connectivity index (χ4n) is 1.79. The number of halogens is 2. The van der Waals surface area contributed by atoms with Crippen molar-refractivity contribution in [2.75, 3.05) is 18.8 Å². The van der Waals surface area contributed by atoms with Crippen molar-refractivity contribution in [2.45, 2.75) is 18.8 Å². The summed E-state index contributed by atoms with van der Waals surface area (Å²) in [5, 5.41) is 3.93. The van der Waals surface area contributed by atoms with Crippen LogP contribution in [0.3, 0.4) is 0 Å². The summed E-state index contributed by atoms with van der Waals surface area (Å²) < 4.78 is 27.2.